The zero-order valence-corrected chi connectivity index (χ0v) is 20.1. The standard InChI is InChI=1S/C23H38N4O4/c1-17-12-19(30-6)20(31-7)13-18(17)14-26-8-10-27(11-9-26)16-22(29)25(5)15-21(28)24-23(2,3)4/h12-13H,8-11,14-16H2,1-7H3,(H,24,28). The van der Waals surface area contributed by atoms with Gasteiger partial charge in [0.1, 0.15) is 0 Å². The number of piperazine rings is 1. The summed E-state index contributed by atoms with van der Waals surface area (Å²) in [6.45, 7) is 12.5. The van der Waals surface area contributed by atoms with Gasteiger partial charge in [-0.1, -0.05) is 0 Å². The SMILES string of the molecule is COc1cc(C)c(CN2CCN(CC(=O)N(C)CC(=O)NC(C)(C)C)CC2)cc1OC. The van der Waals surface area contributed by atoms with Gasteiger partial charge in [-0.25, -0.2) is 0 Å². The number of benzene rings is 1. The molecule has 0 unspecified atom stereocenters. The molecular formula is C23H38N4O4. The number of carbonyl (C=O) groups excluding carboxylic acids is 2. The third kappa shape index (κ3) is 7.70. The zero-order chi connectivity index (χ0) is 23.2. The van der Waals surface area contributed by atoms with E-state index in [0.29, 0.717) is 6.54 Å². The van der Waals surface area contributed by atoms with Crippen LogP contribution in [0.1, 0.15) is 31.9 Å². The Kier molecular flexibility index (Phi) is 8.70. The van der Waals surface area contributed by atoms with Crippen LogP contribution in [0.5, 0.6) is 11.5 Å². The molecule has 8 heteroatoms. The number of methoxy groups -OCH3 is 2. The van der Waals surface area contributed by atoms with E-state index in [2.05, 4.69) is 22.0 Å². The number of rotatable bonds is 8. The van der Waals surface area contributed by atoms with Gasteiger partial charge in [0, 0.05) is 45.3 Å². The number of nitrogens with one attached hydrogen (secondary N) is 1. The minimum Gasteiger partial charge on any atom is -0.493 e. The molecule has 31 heavy (non-hydrogen) atoms. The van der Waals surface area contributed by atoms with Gasteiger partial charge in [-0.15, -0.1) is 0 Å². The van der Waals surface area contributed by atoms with Crippen LogP contribution in [0.2, 0.25) is 0 Å². The lowest BCUT2D eigenvalue weighted by Crippen LogP contribution is -2.51. The van der Waals surface area contributed by atoms with Crippen molar-refractivity contribution in [3.63, 3.8) is 0 Å². The first-order valence-corrected chi connectivity index (χ1v) is 10.7. The second kappa shape index (κ2) is 10.8. The largest absolute Gasteiger partial charge is 0.493 e. The van der Waals surface area contributed by atoms with E-state index in [9.17, 15) is 9.59 Å². The molecule has 1 aromatic carbocycles. The van der Waals surface area contributed by atoms with E-state index in [1.165, 1.54) is 16.0 Å². The van der Waals surface area contributed by atoms with E-state index in [1.807, 2.05) is 32.9 Å². The van der Waals surface area contributed by atoms with Crippen LogP contribution in [0.15, 0.2) is 12.1 Å². The van der Waals surface area contributed by atoms with E-state index in [4.69, 9.17) is 9.47 Å². The zero-order valence-electron chi connectivity index (χ0n) is 20.1. The number of amides is 2. The molecule has 1 N–H and O–H groups in total. The number of hydrogen-bond donors (Lipinski definition) is 1. The molecule has 0 radical (unpaired) electrons. The van der Waals surface area contributed by atoms with Gasteiger partial charge < -0.3 is 19.7 Å². The van der Waals surface area contributed by atoms with Gasteiger partial charge in [0.2, 0.25) is 11.8 Å². The average Bonchev–Trinajstić information content (AvgIpc) is 2.68. The van der Waals surface area contributed by atoms with Gasteiger partial charge in [0.15, 0.2) is 11.5 Å². The van der Waals surface area contributed by atoms with Crippen molar-refractivity contribution in [2.45, 2.75) is 39.8 Å². The minimum atomic E-state index is -0.302. The van der Waals surface area contributed by atoms with Crippen molar-refractivity contribution in [2.75, 3.05) is 60.5 Å². The molecule has 8 nitrogen and oxygen atoms in total. The van der Waals surface area contributed by atoms with Gasteiger partial charge in [0.25, 0.3) is 0 Å². The Morgan fingerprint density at radius 1 is 1.03 bits per heavy atom. The molecule has 0 bridgehead atoms. The molecule has 0 saturated carbocycles. The summed E-state index contributed by atoms with van der Waals surface area (Å²) in [6, 6.07) is 4.05. The Balaban J connectivity index is 1.82. The fourth-order valence-corrected chi connectivity index (χ4v) is 3.61. The molecule has 1 aliphatic rings. The molecule has 0 spiro atoms. The summed E-state index contributed by atoms with van der Waals surface area (Å²) in [5, 5.41) is 2.89. The third-order valence-corrected chi connectivity index (χ3v) is 5.38. The highest BCUT2D eigenvalue weighted by molar-refractivity contribution is 5.85. The Labute approximate surface area is 186 Å². The van der Waals surface area contributed by atoms with E-state index < -0.39 is 0 Å². The van der Waals surface area contributed by atoms with Crippen molar-refractivity contribution < 1.29 is 19.1 Å². The third-order valence-electron chi connectivity index (χ3n) is 5.38. The van der Waals surface area contributed by atoms with Gasteiger partial charge in [-0.05, 0) is 51.0 Å². The first-order chi connectivity index (χ1) is 14.5. The maximum Gasteiger partial charge on any atom is 0.240 e. The molecule has 2 amide bonds. The van der Waals surface area contributed by atoms with E-state index in [0.717, 1.165) is 44.2 Å². The molecule has 1 aliphatic heterocycles. The molecule has 0 atom stereocenters. The highest BCUT2D eigenvalue weighted by Gasteiger charge is 2.23. The van der Waals surface area contributed by atoms with Crippen molar-refractivity contribution >= 4 is 11.8 Å². The van der Waals surface area contributed by atoms with Crippen LogP contribution in [0.25, 0.3) is 0 Å². The van der Waals surface area contributed by atoms with Crippen LogP contribution in [-0.2, 0) is 16.1 Å². The first-order valence-electron chi connectivity index (χ1n) is 10.7. The number of nitrogens with zero attached hydrogens (tertiary/aromatic N) is 3. The Morgan fingerprint density at radius 3 is 2.13 bits per heavy atom. The predicted molar refractivity (Wildman–Crippen MR) is 122 cm³/mol. The lowest BCUT2D eigenvalue weighted by molar-refractivity contribution is -0.136. The monoisotopic (exact) mass is 434 g/mol. The number of likely N-dealkylation sites (N-methyl/N-ethyl adjacent to an activating group) is 1. The second-order valence-corrected chi connectivity index (χ2v) is 9.23. The number of carbonyl (C=O) groups is 2. The van der Waals surface area contributed by atoms with Crippen LogP contribution >= 0.6 is 0 Å². The highest BCUT2D eigenvalue weighted by Crippen LogP contribution is 2.30. The molecular weight excluding hydrogens is 396 g/mol. The normalized spacial score (nSPS) is 15.5. The molecule has 1 saturated heterocycles. The summed E-state index contributed by atoms with van der Waals surface area (Å²) in [4.78, 5) is 30.6. The molecule has 2 rings (SSSR count). The number of ether oxygens (including phenoxy) is 2. The fraction of sp³-hybridized carbons (Fsp3) is 0.652. The number of hydrogen-bond acceptors (Lipinski definition) is 6. The summed E-state index contributed by atoms with van der Waals surface area (Å²) in [6.07, 6.45) is 0. The lowest BCUT2D eigenvalue weighted by atomic mass is 10.1. The number of aryl methyl sites for hydroxylation is 1. The fourth-order valence-electron chi connectivity index (χ4n) is 3.61. The maximum absolute atomic E-state index is 12.5. The van der Waals surface area contributed by atoms with Crippen molar-refractivity contribution in [3.8, 4) is 11.5 Å². The predicted octanol–water partition coefficient (Wildman–Crippen LogP) is 1.50. The van der Waals surface area contributed by atoms with Crippen LogP contribution in [0.4, 0.5) is 0 Å². The van der Waals surface area contributed by atoms with Crippen LogP contribution in [-0.4, -0.2) is 92.6 Å². The smallest absolute Gasteiger partial charge is 0.240 e. The van der Waals surface area contributed by atoms with Crippen LogP contribution < -0.4 is 14.8 Å². The molecule has 1 heterocycles. The van der Waals surface area contributed by atoms with Gasteiger partial charge in [0.05, 0.1) is 27.3 Å². The van der Waals surface area contributed by atoms with Crippen LogP contribution in [0, 0.1) is 6.92 Å². The maximum atomic E-state index is 12.5. The average molecular weight is 435 g/mol. The van der Waals surface area contributed by atoms with Crippen molar-refractivity contribution in [2.24, 2.45) is 0 Å². The van der Waals surface area contributed by atoms with Crippen molar-refractivity contribution in [1.29, 1.82) is 0 Å². The van der Waals surface area contributed by atoms with Gasteiger partial charge in [-0.2, -0.15) is 0 Å². The van der Waals surface area contributed by atoms with Gasteiger partial charge >= 0.3 is 0 Å². The van der Waals surface area contributed by atoms with Crippen molar-refractivity contribution in [3.05, 3.63) is 23.3 Å². The van der Waals surface area contributed by atoms with Crippen molar-refractivity contribution in [1.82, 2.24) is 20.0 Å². The minimum absolute atomic E-state index is 0.0340. The van der Waals surface area contributed by atoms with Crippen LogP contribution in [0.3, 0.4) is 0 Å². The molecule has 0 aromatic heterocycles. The summed E-state index contributed by atoms with van der Waals surface area (Å²) >= 11 is 0. The Bertz CT molecular complexity index is 768. The van der Waals surface area contributed by atoms with E-state index >= 15 is 0 Å². The summed E-state index contributed by atoms with van der Waals surface area (Å²) in [5.74, 6) is 1.31. The molecule has 1 fully saturated rings. The van der Waals surface area contributed by atoms with E-state index in [-0.39, 0.29) is 23.9 Å². The highest BCUT2D eigenvalue weighted by atomic mass is 16.5. The van der Waals surface area contributed by atoms with E-state index in [1.54, 1.807) is 21.3 Å². The van der Waals surface area contributed by atoms with Gasteiger partial charge in [-0.3, -0.25) is 19.4 Å². The quantitative estimate of drug-likeness (QED) is 0.669. The Hall–Kier alpha value is -2.32. The summed E-state index contributed by atoms with van der Waals surface area (Å²) in [7, 11) is 4.98. The summed E-state index contributed by atoms with van der Waals surface area (Å²) < 4.78 is 10.8. The topological polar surface area (TPSA) is 74.4 Å². The summed E-state index contributed by atoms with van der Waals surface area (Å²) in [5.41, 5.74) is 2.08. The first kappa shape index (κ1) is 24.9. The lowest BCUT2D eigenvalue weighted by Gasteiger charge is -2.35. The Morgan fingerprint density at radius 2 is 1.58 bits per heavy atom. The second-order valence-electron chi connectivity index (χ2n) is 9.23. The molecule has 174 valence electrons. The molecule has 0 aliphatic carbocycles. The molecule has 1 aromatic rings.